The lowest BCUT2D eigenvalue weighted by Crippen LogP contribution is -2.04. The molecule has 0 aliphatic carbocycles. The first-order valence-electron chi connectivity index (χ1n) is 6.29. The molecular weight excluding hydrogens is 234 g/mol. The van der Waals surface area contributed by atoms with E-state index < -0.39 is 0 Å². The molecule has 0 aliphatic heterocycles. The van der Waals surface area contributed by atoms with Gasteiger partial charge in [-0.2, -0.15) is 5.10 Å². The average molecular weight is 249 g/mol. The Bertz CT molecular complexity index is 679. The zero-order valence-corrected chi connectivity index (χ0v) is 11.0. The Morgan fingerprint density at radius 1 is 0.842 bits per heavy atom. The summed E-state index contributed by atoms with van der Waals surface area (Å²) in [5, 5.41) is 4.39. The highest BCUT2D eigenvalue weighted by Gasteiger charge is 2.12. The highest BCUT2D eigenvalue weighted by Crippen LogP contribution is 2.24. The van der Waals surface area contributed by atoms with Crippen LogP contribution in [0.2, 0.25) is 0 Å². The molecule has 0 spiro atoms. The summed E-state index contributed by atoms with van der Waals surface area (Å²) in [5.74, 6) is 0.873. The van der Waals surface area contributed by atoms with Crippen molar-refractivity contribution in [2.24, 2.45) is 0 Å². The Morgan fingerprint density at radius 2 is 1.53 bits per heavy atom. The van der Waals surface area contributed by atoms with Gasteiger partial charge in [0.1, 0.15) is 6.33 Å². The molecule has 1 heterocycles. The van der Waals surface area contributed by atoms with E-state index in [1.807, 2.05) is 35.0 Å². The summed E-state index contributed by atoms with van der Waals surface area (Å²) in [6, 6.07) is 16.4. The van der Waals surface area contributed by atoms with Crippen molar-refractivity contribution in [1.29, 1.82) is 0 Å². The van der Waals surface area contributed by atoms with Crippen LogP contribution in [0.25, 0.3) is 17.1 Å². The molecule has 0 bridgehead atoms. The monoisotopic (exact) mass is 249 g/mol. The van der Waals surface area contributed by atoms with E-state index >= 15 is 0 Å². The zero-order valence-electron chi connectivity index (χ0n) is 11.0. The van der Waals surface area contributed by atoms with Gasteiger partial charge >= 0.3 is 0 Å². The van der Waals surface area contributed by atoms with Gasteiger partial charge in [-0.3, -0.25) is 0 Å². The van der Waals surface area contributed by atoms with Gasteiger partial charge < -0.3 is 0 Å². The minimum Gasteiger partial charge on any atom is -0.215 e. The van der Waals surface area contributed by atoms with Crippen LogP contribution in [-0.2, 0) is 0 Å². The highest BCUT2D eigenvalue weighted by atomic mass is 15.3. The Hall–Kier alpha value is -2.42. The van der Waals surface area contributed by atoms with Crippen molar-refractivity contribution >= 4 is 0 Å². The Morgan fingerprint density at radius 3 is 2.21 bits per heavy atom. The van der Waals surface area contributed by atoms with Crippen LogP contribution in [0.1, 0.15) is 11.1 Å². The van der Waals surface area contributed by atoms with E-state index in [2.05, 4.69) is 42.1 Å². The molecule has 19 heavy (non-hydrogen) atoms. The van der Waals surface area contributed by atoms with Crippen molar-refractivity contribution in [2.45, 2.75) is 13.8 Å². The molecule has 3 aromatic rings. The van der Waals surface area contributed by atoms with Crippen molar-refractivity contribution in [1.82, 2.24) is 14.8 Å². The molecule has 0 fully saturated rings. The standard InChI is InChI=1S/C16H15N3/c1-12-7-6-8-13(2)15(12)19-16(17-11-18-19)14-9-4-3-5-10-14/h3-11H,1-2H3. The molecule has 0 N–H and O–H groups in total. The van der Waals surface area contributed by atoms with Crippen molar-refractivity contribution < 1.29 is 0 Å². The van der Waals surface area contributed by atoms with Gasteiger partial charge in [-0.25, -0.2) is 9.67 Å². The predicted molar refractivity (Wildman–Crippen MR) is 76.3 cm³/mol. The quantitative estimate of drug-likeness (QED) is 0.695. The zero-order chi connectivity index (χ0) is 13.2. The summed E-state index contributed by atoms with van der Waals surface area (Å²) in [5.41, 5.74) is 4.58. The van der Waals surface area contributed by atoms with E-state index in [0.29, 0.717) is 0 Å². The maximum Gasteiger partial charge on any atom is 0.163 e. The number of aromatic nitrogens is 3. The average Bonchev–Trinajstić information content (AvgIpc) is 2.89. The van der Waals surface area contributed by atoms with Gasteiger partial charge in [0, 0.05) is 5.56 Å². The molecule has 0 radical (unpaired) electrons. The first-order chi connectivity index (χ1) is 9.27. The van der Waals surface area contributed by atoms with Crippen LogP contribution in [-0.4, -0.2) is 14.8 Å². The lowest BCUT2D eigenvalue weighted by Gasteiger charge is -2.12. The summed E-state index contributed by atoms with van der Waals surface area (Å²) in [7, 11) is 0. The summed E-state index contributed by atoms with van der Waals surface area (Å²) >= 11 is 0. The summed E-state index contributed by atoms with van der Waals surface area (Å²) in [4.78, 5) is 4.40. The molecule has 3 nitrogen and oxygen atoms in total. The van der Waals surface area contributed by atoms with Crippen molar-refractivity contribution in [2.75, 3.05) is 0 Å². The van der Waals surface area contributed by atoms with Gasteiger partial charge in [0.25, 0.3) is 0 Å². The Kier molecular flexibility index (Phi) is 2.88. The third-order valence-corrected chi connectivity index (χ3v) is 3.23. The Labute approximate surface area is 112 Å². The molecule has 1 aromatic heterocycles. The van der Waals surface area contributed by atoms with E-state index in [0.717, 1.165) is 17.1 Å². The summed E-state index contributed by atoms with van der Waals surface area (Å²) in [6.45, 7) is 4.19. The fraction of sp³-hybridized carbons (Fsp3) is 0.125. The molecule has 0 amide bonds. The molecule has 3 heteroatoms. The van der Waals surface area contributed by atoms with Gasteiger partial charge in [-0.05, 0) is 25.0 Å². The second-order valence-corrected chi connectivity index (χ2v) is 4.60. The maximum atomic E-state index is 4.40. The highest BCUT2D eigenvalue weighted by molar-refractivity contribution is 5.59. The van der Waals surface area contributed by atoms with Crippen LogP contribution in [0.15, 0.2) is 54.9 Å². The van der Waals surface area contributed by atoms with Crippen LogP contribution in [0.5, 0.6) is 0 Å². The van der Waals surface area contributed by atoms with Crippen LogP contribution in [0.3, 0.4) is 0 Å². The van der Waals surface area contributed by atoms with Crippen LogP contribution in [0.4, 0.5) is 0 Å². The number of rotatable bonds is 2. The van der Waals surface area contributed by atoms with E-state index in [9.17, 15) is 0 Å². The van der Waals surface area contributed by atoms with Crippen molar-refractivity contribution in [3.63, 3.8) is 0 Å². The Balaban J connectivity index is 2.21. The normalized spacial score (nSPS) is 10.6. The number of hydrogen-bond acceptors (Lipinski definition) is 2. The summed E-state index contributed by atoms with van der Waals surface area (Å²) in [6.07, 6.45) is 1.61. The predicted octanol–water partition coefficient (Wildman–Crippen LogP) is 3.55. The van der Waals surface area contributed by atoms with Crippen LogP contribution < -0.4 is 0 Å². The van der Waals surface area contributed by atoms with Crippen molar-refractivity contribution in [3.05, 3.63) is 66.0 Å². The van der Waals surface area contributed by atoms with E-state index in [4.69, 9.17) is 0 Å². The second kappa shape index (κ2) is 4.69. The molecule has 0 unspecified atom stereocenters. The molecule has 0 aliphatic rings. The van der Waals surface area contributed by atoms with Crippen LogP contribution >= 0.6 is 0 Å². The lowest BCUT2D eigenvalue weighted by atomic mass is 10.1. The molecule has 2 aromatic carbocycles. The number of nitrogens with zero attached hydrogens (tertiary/aromatic N) is 3. The molecule has 0 atom stereocenters. The van der Waals surface area contributed by atoms with Gasteiger partial charge in [-0.15, -0.1) is 0 Å². The van der Waals surface area contributed by atoms with Crippen LogP contribution in [0, 0.1) is 13.8 Å². The fourth-order valence-electron chi connectivity index (χ4n) is 2.33. The van der Waals surface area contributed by atoms with E-state index in [1.165, 1.54) is 11.1 Å². The number of para-hydroxylation sites is 1. The minimum absolute atomic E-state index is 0.873. The molecular formula is C16H15N3. The summed E-state index contributed by atoms with van der Waals surface area (Å²) < 4.78 is 1.92. The first-order valence-corrected chi connectivity index (χ1v) is 6.29. The lowest BCUT2D eigenvalue weighted by molar-refractivity contribution is 0.871. The SMILES string of the molecule is Cc1cccc(C)c1-n1ncnc1-c1ccccc1. The maximum absolute atomic E-state index is 4.40. The third kappa shape index (κ3) is 2.03. The number of benzene rings is 2. The molecule has 94 valence electrons. The smallest absolute Gasteiger partial charge is 0.163 e. The number of hydrogen-bond donors (Lipinski definition) is 0. The van der Waals surface area contributed by atoms with Gasteiger partial charge in [0.15, 0.2) is 5.82 Å². The first kappa shape index (κ1) is 11.7. The third-order valence-electron chi connectivity index (χ3n) is 3.23. The van der Waals surface area contributed by atoms with Gasteiger partial charge in [0.2, 0.25) is 0 Å². The van der Waals surface area contributed by atoms with E-state index in [-0.39, 0.29) is 0 Å². The second-order valence-electron chi connectivity index (χ2n) is 4.60. The largest absolute Gasteiger partial charge is 0.215 e. The van der Waals surface area contributed by atoms with Crippen molar-refractivity contribution in [3.8, 4) is 17.1 Å². The fourth-order valence-corrected chi connectivity index (χ4v) is 2.33. The minimum atomic E-state index is 0.873. The molecule has 0 saturated heterocycles. The number of aryl methyl sites for hydroxylation is 2. The molecule has 0 saturated carbocycles. The van der Waals surface area contributed by atoms with E-state index in [1.54, 1.807) is 6.33 Å². The molecule has 3 rings (SSSR count). The topological polar surface area (TPSA) is 30.7 Å². The van der Waals surface area contributed by atoms with Gasteiger partial charge in [-0.1, -0.05) is 48.5 Å². The van der Waals surface area contributed by atoms with Gasteiger partial charge in [0.05, 0.1) is 5.69 Å².